The molecule has 15 heteroatoms. The van der Waals surface area contributed by atoms with Gasteiger partial charge in [0.2, 0.25) is 11.8 Å². The molecule has 1 aromatic carbocycles. The van der Waals surface area contributed by atoms with Gasteiger partial charge in [-0.3, -0.25) is 4.79 Å². The summed E-state index contributed by atoms with van der Waals surface area (Å²) in [5, 5.41) is 39.2. The van der Waals surface area contributed by atoms with Crippen molar-refractivity contribution < 1.29 is 14.6 Å². The van der Waals surface area contributed by atoms with Gasteiger partial charge in [-0.2, -0.15) is 19.9 Å². The fourth-order valence-electron chi connectivity index (χ4n) is 5.14. The number of aromatic nitrogens is 6. The molecule has 0 aliphatic rings. The van der Waals surface area contributed by atoms with Crippen LogP contribution in [0.2, 0.25) is 0 Å². The van der Waals surface area contributed by atoms with Crippen LogP contribution in [-0.4, -0.2) is 74.1 Å². The van der Waals surface area contributed by atoms with Gasteiger partial charge in [0, 0.05) is 44.8 Å². The molecule has 1 unspecified atom stereocenters. The first-order valence-electron chi connectivity index (χ1n) is 14.7. The topological polar surface area (TPSA) is 192 Å². The molecule has 4 rings (SSSR count). The summed E-state index contributed by atoms with van der Waals surface area (Å²) in [6.45, 7) is 10.3. The third-order valence-corrected chi connectivity index (χ3v) is 6.97. The van der Waals surface area contributed by atoms with Crippen LogP contribution in [0, 0.1) is 32.1 Å². The molecule has 0 spiro atoms. The number of methoxy groups -OCH3 is 1. The second-order valence-electron chi connectivity index (χ2n) is 10.7. The van der Waals surface area contributed by atoms with E-state index >= 15 is 0 Å². The van der Waals surface area contributed by atoms with Crippen LogP contribution in [0.15, 0.2) is 40.8 Å². The van der Waals surface area contributed by atoms with Crippen LogP contribution in [0.5, 0.6) is 0 Å². The molecular weight excluding hydrogens is 588 g/mol. The molecule has 0 aliphatic carbocycles. The van der Waals surface area contributed by atoms with Crippen LogP contribution in [0.3, 0.4) is 0 Å². The molecule has 3 N–H and O–H groups in total. The molecule has 0 bridgehead atoms. The first-order chi connectivity index (χ1) is 22.1. The van der Waals surface area contributed by atoms with Gasteiger partial charge >= 0.3 is 5.97 Å². The van der Waals surface area contributed by atoms with Crippen molar-refractivity contribution in [3.63, 3.8) is 0 Å². The summed E-state index contributed by atoms with van der Waals surface area (Å²) in [5.74, 6) is 0.296. The third kappa shape index (κ3) is 7.59. The lowest BCUT2D eigenvalue weighted by Crippen LogP contribution is -2.23. The summed E-state index contributed by atoms with van der Waals surface area (Å²) in [6, 6.07) is 7.84. The smallest absolute Gasteiger partial charge is 0.305 e. The lowest BCUT2D eigenvalue weighted by atomic mass is 10.0. The van der Waals surface area contributed by atoms with Gasteiger partial charge < -0.3 is 25.4 Å². The minimum absolute atomic E-state index is 0.0614. The van der Waals surface area contributed by atoms with Crippen molar-refractivity contribution in [2.24, 2.45) is 10.2 Å². The Balaban J connectivity index is 1.89. The highest BCUT2D eigenvalue weighted by Crippen LogP contribution is 2.38. The summed E-state index contributed by atoms with van der Waals surface area (Å²) in [4.78, 5) is 31.4. The first kappa shape index (κ1) is 33.4. The quantitative estimate of drug-likeness (QED) is 0.153. The predicted octanol–water partition coefficient (Wildman–Crippen LogP) is 5.33. The van der Waals surface area contributed by atoms with E-state index in [1.54, 1.807) is 25.6 Å². The van der Waals surface area contributed by atoms with Crippen molar-refractivity contribution in [2.45, 2.75) is 53.5 Å². The SMILES string of the molecule is CCc1c(C#N)c(N=Nc2c(NCCC(=O)O)nc(N(C)c3c(C)cc(C)cc3C)nc2NC(C)COC)nn1-c1ncccn1. The van der Waals surface area contributed by atoms with E-state index in [1.165, 1.54) is 4.68 Å². The van der Waals surface area contributed by atoms with Crippen LogP contribution in [0.1, 0.15) is 48.2 Å². The number of hydrogen-bond donors (Lipinski definition) is 3. The molecule has 0 saturated heterocycles. The van der Waals surface area contributed by atoms with Crippen LogP contribution in [0.4, 0.5) is 34.8 Å². The Morgan fingerprint density at radius 1 is 1.15 bits per heavy atom. The van der Waals surface area contributed by atoms with Crippen molar-refractivity contribution >= 4 is 40.7 Å². The lowest BCUT2D eigenvalue weighted by Gasteiger charge is -2.25. The maximum absolute atomic E-state index is 11.4. The Hall–Kier alpha value is -5.49. The van der Waals surface area contributed by atoms with Crippen molar-refractivity contribution in [3.8, 4) is 12.0 Å². The molecule has 46 heavy (non-hydrogen) atoms. The minimum Gasteiger partial charge on any atom is -0.481 e. The van der Waals surface area contributed by atoms with Gasteiger partial charge in [0.25, 0.3) is 5.95 Å². The Morgan fingerprint density at radius 2 is 1.83 bits per heavy atom. The van der Waals surface area contributed by atoms with Crippen molar-refractivity contribution in [2.75, 3.05) is 42.8 Å². The number of azo groups is 1. The number of nitriles is 1. The fraction of sp³-hybridized carbons (Fsp3) is 0.387. The van der Waals surface area contributed by atoms with Gasteiger partial charge in [0.05, 0.1) is 18.7 Å². The molecule has 0 amide bonds. The van der Waals surface area contributed by atoms with Crippen molar-refractivity contribution in [3.05, 3.63) is 58.5 Å². The average Bonchev–Trinajstić information content (AvgIpc) is 3.37. The summed E-state index contributed by atoms with van der Waals surface area (Å²) in [5.41, 5.74) is 5.17. The van der Waals surface area contributed by atoms with Gasteiger partial charge in [-0.1, -0.05) is 24.6 Å². The summed E-state index contributed by atoms with van der Waals surface area (Å²) >= 11 is 0. The average molecular weight is 627 g/mol. The summed E-state index contributed by atoms with van der Waals surface area (Å²) in [7, 11) is 3.47. The normalized spacial score (nSPS) is 11.8. The number of nitrogens with zero attached hydrogens (tertiary/aromatic N) is 10. The van der Waals surface area contributed by atoms with Crippen LogP contribution in [0.25, 0.3) is 5.95 Å². The fourth-order valence-corrected chi connectivity index (χ4v) is 5.14. The summed E-state index contributed by atoms with van der Waals surface area (Å²) in [6.07, 6.45) is 3.47. The highest BCUT2D eigenvalue weighted by Gasteiger charge is 2.23. The van der Waals surface area contributed by atoms with Crippen LogP contribution < -0.4 is 15.5 Å². The van der Waals surface area contributed by atoms with Gasteiger partial charge in [-0.05, 0) is 51.3 Å². The number of rotatable bonds is 14. The first-order valence-corrected chi connectivity index (χ1v) is 14.7. The number of nitrogens with one attached hydrogen (secondary N) is 2. The number of ether oxygens (including phenoxy) is 1. The second kappa shape index (κ2) is 15.0. The molecule has 0 saturated carbocycles. The van der Waals surface area contributed by atoms with E-state index in [0.29, 0.717) is 36.4 Å². The zero-order valence-electron chi connectivity index (χ0n) is 27.0. The van der Waals surface area contributed by atoms with Crippen molar-refractivity contribution in [1.82, 2.24) is 29.7 Å². The molecular formula is C31H38N12O3. The molecule has 15 nitrogen and oxygen atoms in total. The molecule has 4 aromatic rings. The molecule has 3 heterocycles. The molecule has 0 fully saturated rings. The minimum atomic E-state index is -0.973. The number of benzene rings is 1. The number of aliphatic carboxylic acids is 1. The zero-order chi connectivity index (χ0) is 33.4. The standard InChI is InChI=1S/C31H38N12O3/c1-8-23-22(16-32)27(41-43(23)30-34-11-9-12-35-30)40-39-25-28(33-13-10-24(44)45)37-31(38-29(25)36-21(5)17-46-7)42(6)26-19(3)14-18(2)15-20(26)4/h9,11-12,14-15,21H,8,10,13,17H2,1-7H3,(H,44,45)(H2,33,36,37,38). The Morgan fingerprint density at radius 3 is 2.43 bits per heavy atom. The van der Waals surface area contributed by atoms with E-state index in [-0.39, 0.29) is 41.9 Å². The molecule has 0 radical (unpaired) electrons. The highest BCUT2D eigenvalue weighted by atomic mass is 16.5. The maximum Gasteiger partial charge on any atom is 0.305 e. The molecule has 3 aromatic heterocycles. The van der Waals surface area contributed by atoms with E-state index in [1.807, 2.05) is 46.6 Å². The van der Waals surface area contributed by atoms with E-state index in [4.69, 9.17) is 14.7 Å². The number of hydrogen-bond acceptors (Lipinski definition) is 13. The number of carboxylic acid groups (broad SMARTS) is 1. The van der Waals surface area contributed by atoms with Crippen LogP contribution >= 0.6 is 0 Å². The monoisotopic (exact) mass is 626 g/mol. The highest BCUT2D eigenvalue weighted by molar-refractivity contribution is 5.78. The molecule has 1 atom stereocenters. The molecule has 0 aliphatic heterocycles. The number of anilines is 4. The Bertz CT molecular complexity index is 1740. The van der Waals surface area contributed by atoms with E-state index in [9.17, 15) is 15.2 Å². The number of carbonyl (C=O) groups is 1. The lowest BCUT2D eigenvalue weighted by molar-refractivity contribution is -0.136. The number of aryl methyl sites for hydroxylation is 3. The second-order valence-corrected chi connectivity index (χ2v) is 10.7. The van der Waals surface area contributed by atoms with Gasteiger partial charge in [0.15, 0.2) is 17.3 Å². The number of carboxylic acids is 1. The van der Waals surface area contributed by atoms with E-state index in [2.05, 4.69) is 54.1 Å². The molecule has 240 valence electrons. The Kier molecular flexibility index (Phi) is 10.9. The maximum atomic E-state index is 11.4. The van der Waals surface area contributed by atoms with Gasteiger partial charge in [-0.25, -0.2) is 9.97 Å². The van der Waals surface area contributed by atoms with Gasteiger partial charge in [0.1, 0.15) is 11.6 Å². The third-order valence-electron chi connectivity index (χ3n) is 6.97. The van der Waals surface area contributed by atoms with Crippen molar-refractivity contribution in [1.29, 1.82) is 5.26 Å². The van der Waals surface area contributed by atoms with E-state index < -0.39 is 5.97 Å². The van der Waals surface area contributed by atoms with Crippen LogP contribution in [-0.2, 0) is 16.0 Å². The largest absolute Gasteiger partial charge is 0.481 e. The summed E-state index contributed by atoms with van der Waals surface area (Å²) < 4.78 is 6.82. The predicted molar refractivity (Wildman–Crippen MR) is 174 cm³/mol. The van der Waals surface area contributed by atoms with Gasteiger partial charge in [-0.15, -0.1) is 15.3 Å². The zero-order valence-corrected chi connectivity index (χ0v) is 27.0. The Labute approximate surface area is 267 Å². The van der Waals surface area contributed by atoms with E-state index in [0.717, 1.165) is 22.4 Å².